The van der Waals surface area contributed by atoms with Crippen molar-refractivity contribution in [3.63, 3.8) is 0 Å². The number of nitriles is 1. The van der Waals surface area contributed by atoms with E-state index in [-0.39, 0.29) is 6.61 Å². The van der Waals surface area contributed by atoms with E-state index in [1.165, 1.54) is 7.11 Å². The standard InChI is InChI=1S/C18H19N3O3S/c1-4-10-21-12(2)15(17(22)23-3)16(20-18(21)25)13-5-7-14(8-6-13)24-11-9-19/h4-8,16H,1,10-11H2,2-3H3,(H,20,25)/t16-/m0/s1. The normalized spacial score (nSPS) is 16.8. The molecule has 7 heteroatoms. The molecule has 0 spiro atoms. The topological polar surface area (TPSA) is 74.6 Å². The quantitative estimate of drug-likeness (QED) is 0.476. The summed E-state index contributed by atoms with van der Waals surface area (Å²) in [5.41, 5.74) is 2.05. The maximum Gasteiger partial charge on any atom is 0.337 e. The van der Waals surface area contributed by atoms with Gasteiger partial charge in [-0.25, -0.2) is 4.79 Å². The molecule has 1 aliphatic rings. The van der Waals surface area contributed by atoms with Crippen LogP contribution in [0.25, 0.3) is 0 Å². The number of hydrogen-bond acceptors (Lipinski definition) is 5. The van der Waals surface area contributed by atoms with Gasteiger partial charge in [0.25, 0.3) is 0 Å². The second kappa shape index (κ2) is 8.31. The number of esters is 1. The molecule has 2 rings (SSSR count). The zero-order chi connectivity index (χ0) is 18.4. The molecule has 1 aliphatic heterocycles. The number of carbonyl (C=O) groups excluding carboxylic acids is 1. The Hall–Kier alpha value is -2.85. The van der Waals surface area contributed by atoms with Crippen LogP contribution in [0.3, 0.4) is 0 Å². The van der Waals surface area contributed by atoms with Crippen LogP contribution in [0.4, 0.5) is 0 Å². The van der Waals surface area contributed by atoms with Crippen LogP contribution >= 0.6 is 12.2 Å². The molecule has 0 bridgehead atoms. The summed E-state index contributed by atoms with van der Waals surface area (Å²) in [6, 6.07) is 8.64. The first-order valence-electron chi connectivity index (χ1n) is 7.61. The zero-order valence-electron chi connectivity index (χ0n) is 14.1. The summed E-state index contributed by atoms with van der Waals surface area (Å²) in [6.45, 7) is 6.03. The minimum atomic E-state index is -0.425. The lowest BCUT2D eigenvalue weighted by Gasteiger charge is -2.37. The van der Waals surface area contributed by atoms with Crippen LogP contribution < -0.4 is 10.1 Å². The Morgan fingerprint density at radius 2 is 2.16 bits per heavy atom. The number of thiocarbonyl (C=S) groups is 1. The zero-order valence-corrected chi connectivity index (χ0v) is 14.9. The van der Waals surface area contributed by atoms with Gasteiger partial charge in [-0.15, -0.1) is 6.58 Å². The van der Waals surface area contributed by atoms with Gasteiger partial charge in [0.2, 0.25) is 0 Å². The van der Waals surface area contributed by atoms with Crippen molar-refractivity contribution in [3.05, 3.63) is 53.8 Å². The van der Waals surface area contributed by atoms with Gasteiger partial charge in [-0.1, -0.05) is 18.2 Å². The van der Waals surface area contributed by atoms with Crippen molar-refractivity contribution >= 4 is 23.3 Å². The molecule has 0 fully saturated rings. The van der Waals surface area contributed by atoms with E-state index < -0.39 is 12.0 Å². The summed E-state index contributed by atoms with van der Waals surface area (Å²) < 4.78 is 10.2. The second-order valence-corrected chi connectivity index (χ2v) is 5.67. The number of carbonyl (C=O) groups is 1. The van der Waals surface area contributed by atoms with E-state index in [9.17, 15) is 4.79 Å². The summed E-state index contributed by atoms with van der Waals surface area (Å²) in [5.74, 6) is 0.161. The fourth-order valence-electron chi connectivity index (χ4n) is 2.63. The third-order valence-corrected chi connectivity index (χ3v) is 4.17. The van der Waals surface area contributed by atoms with E-state index in [1.807, 2.05) is 25.1 Å². The molecule has 1 aromatic rings. The molecule has 0 unspecified atom stereocenters. The molecular weight excluding hydrogens is 338 g/mol. The van der Waals surface area contributed by atoms with Crippen LogP contribution in [0.15, 0.2) is 48.2 Å². The van der Waals surface area contributed by atoms with E-state index in [0.717, 1.165) is 11.3 Å². The number of nitrogens with one attached hydrogen (secondary N) is 1. The van der Waals surface area contributed by atoms with Gasteiger partial charge in [0.1, 0.15) is 11.8 Å². The lowest BCUT2D eigenvalue weighted by atomic mass is 9.95. The number of ether oxygens (including phenoxy) is 2. The Kier molecular flexibility index (Phi) is 6.14. The summed E-state index contributed by atoms with van der Waals surface area (Å²) in [4.78, 5) is 14.2. The molecule has 6 nitrogen and oxygen atoms in total. The Labute approximate surface area is 152 Å². The maximum atomic E-state index is 12.3. The Morgan fingerprint density at radius 3 is 2.72 bits per heavy atom. The first kappa shape index (κ1) is 18.5. The smallest absolute Gasteiger partial charge is 0.337 e. The third kappa shape index (κ3) is 3.98. The summed E-state index contributed by atoms with van der Waals surface area (Å²) >= 11 is 5.43. The highest BCUT2D eigenvalue weighted by molar-refractivity contribution is 7.80. The molecule has 25 heavy (non-hydrogen) atoms. The molecule has 0 saturated heterocycles. The summed E-state index contributed by atoms with van der Waals surface area (Å²) in [6.07, 6.45) is 1.72. The van der Waals surface area contributed by atoms with Crippen LogP contribution in [-0.2, 0) is 9.53 Å². The van der Waals surface area contributed by atoms with Crippen LogP contribution in [0.1, 0.15) is 18.5 Å². The summed E-state index contributed by atoms with van der Waals surface area (Å²) in [5, 5.41) is 12.3. The molecule has 1 atom stereocenters. The monoisotopic (exact) mass is 357 g/mol. The predicted octanol–water partition coefficient (Wildman–Crippen LogP) is 2.45. The van der Waals surface area contributed by atoms with Gasteiger partial charge < -0.3 is 19.7 Å². The highest BCUT2D eigenvalue weighted by Gasteiger charge is 2.34. The SMILES string of the molecule is C=CCN1C(=S)N[C@@H](c2ccc(OCC#N)cc2)C(C(=O)OC)=C1C. The Morgan fingerprint density at radius 1 is 1.48 bits per heavy atom. The van der Waals surface area contributed by atoms with Crippen LogP contribution in [-0.4, -0.2) is 36.2 Å². The van der Waals surface area contributed by atoms with Crippen molar-refractivity contribution in [1.82, 2.24) is 10.2 Å². The molecule has 0 aliphatic carbocycles. The van der Waals surface area contributed by atoms with E-state index in [4.69, 9.17) is 27.0 Å². The lowest BCUT2D eigenvalue weighted by molar-refractivity contribution is -0.136. The van der Waals surface area contributed by atoms with Crippen LogP contribution in [0.5, 0.6) is 5.75 Å². The van der Waals surface area contributed by atoms with Crippen molar-refractivity contribution in [2.75, 3.05) is 20.3 Å². The number of nitrogens with zero attached hydrogens (tertiary/aromatic N) is 2. The van der Waals surface area contributed by atoms with Crippen molar-refractivity contribution < 1.29 is 14.3 Å². The molecule has 1 heterocycles. The highest BCUT2D eigenvalue weighted by atomic mass is 32.1. The fourth-order valence-corrected chi connectivity index (χ4v) is 2.96. The molecular formula is C18H19N3O3S. The minimum Gasteiger partial charge on any atom is -0.479 e. The van der Waals surface area contributed by atoms with Gasteiger partial charge in [0.15, 0.2) is 11.7 Å². The van der Waals surface area contributed by atoms with Crippen molar-refractivity contribution in [2.45, 2.75) is 13.0 Å². The minimum absolute atomic E-state index is 0.0198. The van der Waals surface area contributed by atoms with Crippen LogP contribution in [0.2, 0.25) is 0 Å². The molecule has 0 aromatic heterocycles. The van der Waals surface area contributed by atoms with E-state index in [0.29, 0.717) is 23.0 Å². The average molecular weight is 357 g/mol. The number of methoxy groups -OCH3 is 1. The largest absolute Gasteiger partial charge is 0.479 e. The highest BCUT2D eigenvalue weighted by Crippen LogP contribution is 2.32. The van der Waals surface area contributed by atoms with Gasteiger partial charge in [0.05, 0.1) is 18.7 Å². The lowest BCUT2D eigenvalue weighted by Crippen LogP contribution is -2.47. The van der Waals surface area contributed by atoms with Gasteiger partial charge in [-0.2, -0.15) is 5.26 Å². The van der Waals surface area contributed by atoms with E-state index in [1.54, 1.807) is 23.1 Å². The molecule has 1 aromatic carbocycles. The van der Waals surface area contributed by atoms with Gasteiger partial charge >= 0.3 is 5.97 Å². The van der Waals surface area contributed by atoms with E-state index in [2.05, 4.69) is 11.9 Å². The average Bonchev–Trinajstić information content (AvgIpc) is 2.63. The molecule has 0 amide bonds. The maximum absolute atomic E-state index is 12.3. The molecule has 1 N–H and O–H groups in total. The fraction of sp³-hybridized carbons (Fsp3) is 0.278. The predicted molar refractivity (Wildman–Crippen MR) is 97.6 cm³/mol. The van der Waals surface area contributed by atoms with Gasteiger partial charge in [-0.05, 0) is 36.8 Å². The van der Waals surface area contributed by atoms with Crippen molar-refractivity contribution in [1.29, 1.82) is 5.26 Å². The first-order chi connectivity index (χ1) is 12.0. The second-order valence-electron chi connectivity index (χ2n) is 5.29. The molecule has 0 saturated carbocycles. The molecule has 130 valence electrons. The molecule has 0 radical (unpaired) electrons. The number of hydrogen-bond donors (Lipinski definition) is 1. The number of rotatable bonds is 6. The van der Waals surface area contributed by atoms with E-state index >= 15 is 0 Å². The van der Waals surface area contributed by atoms with Gasteiger partial charge in [-0.3, -0.25) is 0 Å². The number of allylic oxidation sites excluding steroid dienone is 1. The van der Waals surface area contributed by atoms with Crippen molar-refractivity contribution in [3.8, 4) is 11.8 Å². The summed E-state index contributed by atoms with van der Waals surface area (Å²) in [7, 11) is 1.35. The van der Waals surface area contributed by atoms with Crippen molar-refractivity contribution in [2.24, 2.45) is 0 Å². The Balaban J connectivity index is 2.41. The Bertz CT molecular complexity index is 750. The van der Waals surface area contributed by atoms with Gasteiger partial charge in [0, 0.05) is 12.2 Å². The van der Waals surface area contributed by atoms with Crippen LogP contribution in [0, 0.1) is 11.3 Å². The first-order valence-corrected chi connectivity index (χ1v) is 8.02. The number of benzene rings is 1. The third-order valence-electron chi connectivity index (χ3n) is 3.83.